The van der Waals surface area contributed by atoms with Crippen LogP contribution < -0.4 is 10.5 Å². The third-order valence-corrected chi connectivity index (χ3v) is 6.54. The van der Waals surface area contributed by atoms with E-state index < -0.39 is 0 Å². The zero-order valence-electron chi connectivity index (χ0n) is 18.1. The molecule has 158 valence electrons. The van der Waals surface area contributed by atoms with Crippen LogP contribution >= 0.6 is 0 Å². The summed E-state index contributed by atoms with van der Waals surface area (Å²) >= 11 is 0. The van der Waals surface area contributed by atoms with Gasteiger partial charge in [0.2, 0.25) is 0 Å². The molecule has 8 nitrogen and oxygen atoms in total. The minimum Gasteiger partial charge on any atom is -0.467 e. The summed E-state index contributed by atoms with van der Waals surface area (Å²) in [5, 5.41) is 14.6. The molecule has 4 heterocycles. The van der Waals surface area contributed by atoms with E-state index in [4.69, 9.17) is 15.6 Å². The fourth-order valence-electron chi connectivity index (χ4n) is 4.97. The number of ether oxygens (including phenoxy) is 1. The van der Waals surface area contributed by atoms with Crippen LogP contribution in [0.15, 0.2) is 24.4 Å². The number of nitriles is 1. The van der Waals surface area contributed by atoms with Crippen LogP contribution in [0.25, 0.3) is 11.3 Å². The van der Waals surface area contributed by atoms with Gasteiger partial charge in [0.1, 0.15) is 17.9 Å². The smallest absolute Gasteiger partial charge is 0.258 e. The highest BCUT2D eigenvalue weighted by Gasteiger charge is 2.39. The van der Waals surface area contributed by atoms with Crippen molar-refractivity contribution in [3.63, 3.8) is 0 Å². The maximum absolute atomic E-state index is 9.84. The Morgan fingerprint density at radius 2 is 1.97 bits per heavy atom. The standard InChI is InChI=1S/C23H25N7O/c1-12-5-6-14-15(9-12)13(2)31-23-22(25)26-11-16(27-23)20-19(10-24)30(4)28-21(20)18-8-7-17(14)29(18)3/h5-6,9,11,13,17-18H,7-8H2,1-4H3,(H2,25,26)/t13-,17?,18?/m1/s1. The van der Waals surface area contributed by atoms with Crippen LogP contribution in [0.5, 0.6) is 5.88 Å². The first-order valence-corrected chi connectivity index (χ1v) is 10.5. The molecule has 2 aromatic heterocycles. The fourth-order valence-corrected chi connectivity index (χ4v) is 4.97. The van der Waals surface area contributed by atoms with Crippen LogP contribution in [0.4, 0.5) is 5.82 Å². The topological polar surface area (TPSA) is 106 Å². The molecule has 2 N–H and O–H groups in total. The van der Waals surface area contributed by atoms with Crippen LogP contribution in [0.1, 0.15) is 66.0 Å². The molecule has 2 aliphatic heterocycles. The summed E-state index contributed by atoms with van der Waals surface area (Å²) in [4.78, 5) is 11.4. The first-order valence-electron chi connectivity index (χ1n) is 10.5. The van der Waals surface area contributed by atoms with Gasteiger partial charge in [0, 0.05) is 13.1 Å². The van der Waals surface area contributed by atoms with E-state index in [9.17, 15) is 5.26 Å². The van der Waals surface area contributed by atoms with Gasteiger partial charge in [0.05, 0.1) is 29.2 Å². The number of fused-ring (bicyclic) bond motifs is 9. The van der Waals surface area contributed by atoms with Crippen LogP contribution in [-0.2, 0) is 7.05 Å². The average molecular weight is 416 g/mol. The quantitative estimate of drug-likeness (QED) is 0.598. The van der Waals surface area contributed by atoms with Gasteiger partial charge in [-0.3, -0.25) is 9.58 Å². The minimum atomic E-state index is -0.252. The summed E-state index contributed by atoms with van der Waals surface area (Å²) < 4.78 is 7.88. The number of hydrogen-bond donors (Lipinski definition) is 1. The van der Waals surface area contributed by atoms with Crippen molar-refractivity contribution in [3.05, 3.63) is 52.5 Å². The molecule has 0 saturated carbocycles. The number of anilines is 1. The Kier molecular flexibility index (Phi) is 4.45. The van der Waals surface area contributed by atoms with Gasteiger partial charge in [-0.05, 0) is 44.9 Å². The Morgan fingerprint density at radius 3 is 2.74 bits per heavy atom. The Bertz CT molecular complexity index is 1230. The van der Waals surface area contributed by atoms with Crippen molar-refractivity contribution in [2.75, 3.05) is 12.8 Å². The molecule has 31 heavy (non-hydrogen) atoms. The first-order chi connectivity index (χ1) is 14.9. The summed E-state index contributed by atoms with van der Waals surface area (Å²) in [6.07, 6.45) is 3.28. The van der Waals surface area contributed by atoms with Crippen molar-refractivity contribution in [1.82, 2.24) is 24.6 Å². The lowest BCUT2D eigenvalue weighted by Crippen LogP contribution is -2.24. The number of nitrogens with two attached hydrogens (primary N) is 1. The number of hydrogen-bond acceptors (Lipinski definition) is 7. The van der Waals surface area contributed by atoms with Crippen LogP contribution in [-0.4, -0.2) is 31.7 Å². The van der Waals surface area contributed by atoms with Gasteiger partial charge < -0.3 is 10.5 Å². The van der Waals surface area contributed by atoms with E-state index in [1.54, 1.807) is 17.9 Å². The summed E-state index contributed by atoms with van der Waals surface area (Å²) in [6, 6.07) is 9.11. The van der Waals surface area contributed by atoms with Crippen molar-refractivity contribution < 1.29 is 4.74 Å². The van der Waals surface area contributed by atoms with Crippen LogP contribution in [0, 0.1) is 18.3 Å². The van der Waals surface area contributed by atoms with E-state index >= 15 is 0 Å². The lowest BCUT2D eigenvalue weighted by molar-refractivity contribution is 0.206. The van der Waals surface area contributed by atoms with E-state index in [0.717, 1.165) is 24.1 Å². The number of benzene rings is 1. The van der Waals surface area contributed by atoms with E-state index in [-0.39, 0.29) is 29.9 Å². The first kappa shape index (κ1) is 19.5. The molecule has 8 heteroatoms. The molecule has 3 atom stereocenters. The van der Waals surface area contributed by atoms with Crippen molar-refractivity contribution in [2.45, 2.75) is 44.9 Å². The molecule has 1 aromatic carbocycles. The molecule has 2 aliphatic rings. The van der Waals surface area contributed by atoms with Gasteiger partial charge in [0.25, 0.3) is 5.88 Å². The van der Waals surface area contributed by atoms with Crippen LogP contribution in [0.2, 0.25) is 0 Å². The Balaban J connectivity index is 1.80. The predicted octanol–water partition coefficient (Wildman–Crippen LogP) is 3.60. The highest BCUT2D eigenvalue weighted by Crippen LogP contribution is 2.47. The second-order valence-corrected chi connectivity index (χ2v) is 8.46. The second-order valence-electron chi connectivity index (χ2n) is 8.46. The Labute approximate surface area is 181 Å². The van der Waals surface area contributed by atoms with E-state index in [1.807, 2.05) is 6.92 Å². The van der Waals surface area contributed by atoms with Crippen molar-refractivity contribution in [3.8, 4) is 23.2 Å². The van der Waals surface area contributed by atoms with E-state index in [0.29, 0.717) is 17.0 Å². The SMILES string of the molecule is Cc1ccc2c(c1)[C@@H](C)Oc1nc(cnc1N)-c1c(nn(C)c1C#N)C1CCC2N1C. The minimum absolute atomic E-state index is 0.0703. The third kappa shape index (κ3) is 2.96. The monoisotopic (exact) mass is 415 g/mol. The largest absolute Gasteiger partial charge is 0.467 e. The second kappa shape index (κ2) is 7.06. The molecule has 3 aromatic rings. The van der Waals surface area contributed by atoms with Gasteiger partial charge in [0.15, 0.2) is 5.82 Å². The fraction of sp³-hybridized carbons (Fsp3) is 0.391. The predicted molar refractivity (Wildman–Crippen MR) is 116 cm³/mol. The molecular weight excluding hydrogens is 390 g/mol. The Morgan fingerprint density at radius 1 is 1.19 bits per heavy atom. The summed E-state index contributed by atoms with van der Waals surface area (Å²) in [5.74, 6) is 0.503. The molecule has 0 amide bonds. The van der Waals surface area contributed by atoms with E-state index in [1.165, 1.54) is 11.1 Å². The molecule has 4 bridgehead atoms. The Hall–Kier alpha value is -3.44. The number of aromatic nitrogens is 4. The van der Waals surface area contributed by atoms with Crippen molar-refractivity contribution in [2.24, 2.45) is 7.05 Å². The maximum atomic E-state index is 9.84. The van der Waals surface area contributed by atoms with Gasteiger partial charge in [-0.25, -0.2) is 9.97 Å². The van der Waals surface area contributed by atoms with Crippen molar-refractivity contribution >= 4 is 5.82 Å². The molecule has 2 unspecified atom stereocenters. The van der Waals surface area contributed by atoms with Crippen molar-refractivity contribution in [1.29, 1.82) is 5.26 Å². The van der Waals surface area contributed by atoms with Gasteiger partial charge in [-0.15, -0.1) is 0 Å². The number of nitrogens with zero attached hydrogens (tertiary/aromatic N) is 6. The molecule has 1 fully saturated rings. The number of nitrogen functional groups attached to an aromatic ring is 1. The molecule has 0 spiro atoms. The normalized spacial score (nSPS) is 22.5. The maximum Gasteiger partial charge on any atom is 0.258 e. The number of aryl methyl sites for hydroxylation is 2. The summed E-state index contributed by atoms with van der Waals surface area (Å²) in [5.41, 5.74) is 12.2. The molecule has 5 rings (SSSR count). The van der Waals surface area contributed by atoms with Gasteiger partial charge >= 0.3 is 0 Å². The third-order valence-electron chi connectivity index (χ3n) is 6.54. The highest BCUT2D eigenvalue weighted by molar-refractivity contribution is 5.70. The molecule has 1 saturated heterocycles. The van der Waals surface area contributed by atoms with Gasteiger partial charge in [-0.2, -0.15) is 10.4 Å². The summed E-state index contributed by atoms with van der Waals surface area (Å²) in [7, 11) is 3.92. The summed E-state index contributed by atoms with van der Waals surface area (Å²) in [6.45, 7) is 4.10. The average Bonchev–Trinajstić information content (AvgIpc) is 3.28. The van der Waals surface area contributed by atoms with Crippen LogP contribution in [0.3, 0.4) is 0 Å². The molecular formula is C23H25N7O. The lowest BCUT2D eigenvalue weighted by atomic mass is 9.94. The molecule has 0 aliphatic carbocycles. The number of rotatable bonds is 0. The zero-order chi connectivity index (χ0) is 21.9. The zero-order valence-corrected chi connectivity index (χ0v) is 18.1. The van der Waals surface area contributed by atoms with E-state index in [2.05, 4.69) is 53.1 Å². The van der Waals surface area contributed by atoms with Gasteiger partial charge in [-0.1, -0.05) is 23.8 Å². The lowest BCUT2D eigenvalue weighted by Gasteiger charge is -2.29. The molecule has 0 radical (unpaired) electrons. The highest BCUT2D eigenvalue weighted by atomic mass is 16.5.